The van der Waals surface area contributed by atoms with E-state index in [0.717, 1.165) is 31.3 Å². The first-order valence-electron chi connectivity index (χ1n) is 6.91. The fourth-order valence-corrected chi connectivity index (χ4v) is 2.67. The molecule has 0 radical (unpaired) electrons. The van der Waals surface area contributed by atoms with Crippen molar-refractivity contribution in [3.8, 4) is 0 Å². The monoisotopic (exact) mass is 274 g/mol. The van der Waals surface area contributed by atoms with E-state index in [4.69, 9.17) is 0 Å². The van der Waals surface area contributed by atoms with E-state index < -0.39 is 6.10 Å². The predicted molar refractivity (Wildman–Crippen MR) is 74.2 cm³/mol. The highest BCUT2D eigenvalue weighted by Crippen LogP contribution is 2.19. The van der Waals surface area contributed by atoms with Crippen LogP contribution in [0.15, 0.2) is 18.6 Å². The van der Waals surface area contributed by atoms with Crippen molar-refractivity contribution < 1.29 is 9.90 Å². The van der Waals surface area contributed by atoms with Gasteiger partial charge in [0.2, 0.25) is 0 Å². The molecule has 106 valence electrons. The Morgan fingerprint density at radius 3 is 3.00 bits per heavy atom. The molecule has 6 heteroatoms. The van der Waals surface area contributed by atoms with E-state index in [9.17, 15) is 9.90 Å². The van der Waals surface area contributed by atoms with Gasteiger partial charge >= 0.3 is 0 Å². The summed E-state index contributed by atoms with van der Waals surface area (Å²) in [5.41, 5.74) is 1.93. The van der Waals surface area contributed by atoms with Crippen LogP contribution in [0, 0.1) is 0 Å². The summed E-state index contributed by atoms with van der Waals surface area (Å²) in [6.45, 7) is 0. The Kier molecular flexibility index (Phi) is 3.40. The number of amides is 1. The minimum absolute atomic E-state index is 0.157. The molecule has 6 nitrogen and oxygen atoms in total. The van der Waals surface area contributed by atoms with Crippen molar-refractivity contribution in [3.63, 3.8) is 0 Å². The lowest BCUT2D eigenvalue weighted by Gasteiger charge is -2.28. The van der Waals surface area contributed by atoms with Crippen LogP contribution >= 0.6 is 0 Å². The van der Waals surface area contributed by atoms with Gasteiger partial charge in [-0.25, -0.2) is 9.97 Å². The number of rotatable bonds is 2. The van der Waals surface area contributed by atoms with Gasteiger partial charge in [-0.3, -0.25) is 4.79 Å². The molecule has 20 heavy (non-hydrogen) atoms. The molecule has 2 N–H and O–H groups in total. The molecule has 2 unspecified atom stereocenters. The Balaban J connectivity index is 1.78. The van der Waals surface area contributed by atoms with Gasteiger partial charge < -0.3 is 15.0 Å². The molecule has 0 aromatic carbocycles. The van der Waals surface area contributed by atoms with Crippen molar-refractivity contribution in [1.82, 2.24) is 19.9 Å². The van der Waals surface area contributed by atoms with Gasteiger partial charge in [0.15, 0.2) is 5.65 Å². The number of aromatic nitrogens is 3. The molecule has 1 fully saturated rings. The van der Waals surface area contributed by atoms with Crippen LogP contribution in [-0.4, -0.2) is 37.7 Å². The summed E-state index contributed by atoms with van der Waals surface area (Å²) in [6.07, 6.45) is 6.42. The summed E-state index contributed by atoms with van der Waals surface area (Å²) in [5, 5.41) is 12.8. The van der Waals surface area contributed by atoms with E-state index in [1.165, 1.54) is 0 Å². The van der Waals surface area contributed by atoms with Gasteiger partial charge in [-0.15, -0.1) is 0 Å². The highest BCUT2D eigenvalue weighted by molar-refractivity contribution is 5.96. The maximum absolute atomic E-state index is 12.2. The lowest BCUT2D eigenvalue weighted by Crippen LogP contribution is -2.45. The quantitative estimate of drug-likeness (QED) is 0.856. The van der Waals surface area contributed by atoms with Gasteiger partial charge in [0.1, 0.15) is 5.52 Å². The molecule has 0 spiro atoms. The highest BCUT2D eigenvalue weighted by Gasteiger charge is 2.25. The number of hydrogen-bond donors (Lipinski definition) is 2. The van der Waals surface area contributed by atoms with E-state index in [1.807, 2.05) is 11.6 Å². The zero-order chi connectivity index (χ0) is 14.1. The molecule has 1 aliphatic rings. The fraction of sp³-hybridized carbons (Fsp3) is 0.500. The number of aliphatic hydroxyl groups excluding tert-OH is 1. The van der Waals surface area contributed by atoms with Crippen LogP contribution in [0.4, 0.5) is 0 Å². The Morgan fingerprint density at radius 1 is 1.40 bits per heavy atom. The average molecular weight is 274 g/mol. The number of hydrogen-bond acceptors (Lipinski definition) is 4. The lowest BCUT2D eigenvalue weighted by molar-refractivity contribution is 0.0717. The van der Waals surface area contributed by atoms with Crippen LogP contribution < -0.4 is 5.32 Å². The molecule has 2 aromatic rings. The van der Waals surface area contributed by atoms with E-state index in [-0.39, 0.29) is 11.9 Å². The van der Waals surface area contributed by atoms with Crippen LogP contribution in [0.25, 0.3) is 11.2 Å². The third kappa shape index (κ3) is 2.38. The first-order valence-corrected chi connectivity index (χ1v) is 6.91. The van der Waals surface area contributed by atoms with Crippen LogP contribution in [0.2, 0.25) is 0 Å². The molecule has 1 amide bonds. The van der Waals surface area contributed by atoms with Gasteiger partial charge in [-0.05, 0) is 18.9 Å². The molecule has 0 bridgehead atoms. The topological polar surface area (TPSA) is 80.0 Å². The first kappa shape index (κ1) is 13.1. The molecule has 1 aliphatic carbocycles. The normalized spacial score (nSPS) is 22.9. The number of pyridine rings is 1. The third-order valence-electron chi connectivity index (χ3n) is 3.86. The number of carbonyl (C=O) groups is 1. The molecule has 3 rings (SSSR count). The van der Waals surface area contributed by atoms with Gasteiger partial charge in [0.25, 0.3) is 5.91 Å². The molecular weight excluding hydrogens is 256 g/mol. The zero-order valence-corrected chi connectivity index (χ0v) is 11.4. The highest BCUT2D eigenvalue weighted by atomic mass is 16.3. The van der Waals surface area contributed by atoms with Crippen LogP contribution in [0.1, 0.15) is 36.0 Å². The van der Waals surface area contributed by atoms with Crippen molar-refractivity contribution >= 4 is 17.1 Å². The maximum Gasteiger partial charge on any atom is 0.253 e. The van der Waals surface area contributed by atoms with Crippen molar-refractivity contribution in [2.45, 2.75) is 37.8 Å². The number of fused-ring (bicyclic) bond motifs is 1. The van der Waals surface area contributed by atoms with Crippen LogP contribution in [0.5, 0.6) is 0 Å². The summed E-state index contributed by atoms with van der Waals surface area (Å²) >= 11 is 0. The standard InChI is InChI=1S/C14H18N4O2/c1-18-8-16-11-6-9(7-15-13(11)18)14(20)17-10-4-2-3-5-12(10)19/h6-8,10,12,19H,2-5H2,1H3,(H,17,20). The Hall–Kier alpha value is -1.95. The predicted octanol–water partition coefficient (Wildman–Crippen LogP) is 1.00. The summed E-state index contributed by atoms with van der Waals surface area (Å²) in [5.74, 6) is -0.198. The number of aliphatic hydroxyl groups is 1. The maximum atomic E-state index is 12.2. The second kappa shape index (κ2) is 5.20. The number of carbonyl (C=O) groups excluding carboxylic acids is 1. The summed E-state index contributed by atoms with van der Waals surface area (Å²) in [4.78, 5) is 20.7. The molecule has 0 saturated heterocycles. The SMILES string of the molecule is Cn1cnc2cc(C(=O)NC3CCCCC3O)cnc21. The minimum Gasteiger partial charge on any atom is -0.391 e. The zero-order valence-electron chi connectivity index (χ0n) is 11.4. The van der Waals surface area contributed by atoms with E-state index in [1.54, 1.807) is 18.6 Å². The largest absolute Gasteiger partial charge is 0.391 e. The molecular formula is C14H18N4O2. The van der Waals surface area contributed by atoms with Gasteiger partial charge in [0, 0.05) is 13.2 Å². The second-order valence-corrected chi connectivity index (χ2v) is 5.35. The third-order valence-corrected chi connectivity index (χ3v) is 3.86. The Bertz CT molecular complexity index is 637. The number of nitrogens with zero attached hydrogens (tertiary/aromatic N) is 3. The Labute approximate surface area is 116 Å². The van der Waals surface area contributed by atoms with E-state index in [2.05, 4.69) is 15.3 Å². The number of aryl methyl sites for hydroxylation is 1. The van der Waals surface area contributed by atoms with Crippen molar-refractivity contribution in [3.05, 3.63) is 24.2 Å². The van der Waals surface area contributed by atoms with E-state index in [0.29, 0.717) is 11.1 Å². The minimum atomic E-state index is -0.445. The Morgan fingerprint density at radius 2 is 2.20 bits per heavy atom. The second-order valence-electron chi connectivity index (χ2n) is 5.35. The summed E-state index contributed by atoms with van der Waals surface area (Å²) in [6, 6.07) is 1.57. The smallest absolute Gasteiger partial charge is 0.253 e. The van der Waals surface area contributed by atoms with Gasteiger partial charge in [-0.1, -0.05) is 12.8 Å². The van der Waals surface area contributed by atoms with Crippen molar-refractivity contribution in [2.75, 3.05) is 0 Å². The van der Waals surface area contributed by atoms with Crippen molar-refractivity contribution in [2.24, 2.45) is 7.05 Å². The number of imidazole rings is 1. The van der Waals surface area contributed by atoms with E-state index >= 15 is 0 Å². The summed E-state index contributed by atoms with van der Waals surface area (Å²) < 4.78 is 1.81. The molecule has 2 aromatic heterocycles. The molecule has 1 saturated carbocycles. The fourth-order valence-electron chi connectivity index (χ4n) is 2.67. The molecule has 2 atom stereocenters. The number of nitrogens with one attached hydrogen (secondary N) is 1. The van der Waals surface area contributed by atoms with Crippen molar-refractivity contribution in [1.29, 1.82) is 0 Å². The van der Waals surface area contributed by atoms with Crippen LogP contribution in [0.3, 0.4) is 0 Å². The molecule has 2 heterocycles. The summed E-state index contributed by atoms with van der Waals surface area (Å²) in [7, 11) is 1.86. The van der Waals surface area contributed by atoms with Gasteiger partial charge in [-0.2, -0.15) is 0 Å². The van der Waals surface area contributed by atoms with Gasteiger partial charge in [0.05, 0.1) is 24.0 Å². The lowest BCUT2D eigenvalue weighted by atomic mass is 9.92. The first-order chi connectivity index (χ1) is 9.65. The van der Waals surface area contributed by atoms with Crippen LogP contribution in [-0.2, 0) is 7.05 Å². The average Bonchev–Trinajstić information content (AvgIpc) is 2.82. The molecule has 0 aliphatic heterocycles.